The number of H-pyrrole nitrogens is 1. The summed E-state index contributed by atoms with van der Waals surface area (Å²) in [6.07, 6.45) is 1.76. The Balaban J connectivity index is 2.01. The maximum Gasteiger partial charge on any atom is 0.112 e. The third kappa shape index (κ3) is 1.55. The number of para-hydroxylation sites is 1. The molecule has 2 heterocycles. The van der Waals surface area contributed by atoms with Crippen LogP contribution in [0.25, 0.3) is 11.0 Å². The van der Waals surface area contributed by atoms with Crippen LogP contribution in [-0.2, 0) is 0 Å². The summed E-state index contributed by atoms with van der Waals surface area (Å²) in [5.74, 6) is 0. The van der Waals surface area contributed by atoms with Gasteiger partial charge in [-0.15, -0.1) is 0 Å². The van der Waals surface area contributed by atoms with Crippen molar-refractivity contribution in [2.45, 2.75) is 13.0 Å². The molecule has 0 saturated carbocycles. The number of nitrogens with zero attached hydrogens (tertiary/aromatic N) is 2. The Hall–Kier alpha value is -1.55. The predicted molar refractivity (Wildman–Crippen MR) is 65.8 cm³/mol. The molecule has 1 aliphatic heterocycles. The zero-order valence-corrected chi connectivity index (χ0v) is 9.40. The number of rotatable bonds is 1. The molecular weight excluding hydrogens is 200 g/mol. The van der Waals surface area contributed by atoms with E-state index >= 15 is 0 Å². The molecule has 1 aromatic carbocycles. The molecule has 1 saturated heterocycles. The van der Waals surface area contributed by atoms with Crippen molar-refractivity contribution in [1.29, 1.82) is 0 Å². The van der Waals surface area contributed by atoms with Crippen LogP contribution < -0.4 is 10.2 Å². The molecule has 3 rings (SSSR count). The van der Waals surface area contributed by atoms with E-state index in [4.69, 9.17) is 0 Å². The van der Waals surface area contributed by atoms with Crippen LogP contribution in [0.4, 0.5) is 5.69 Å². The van der Waals surface area contributed by atoms with E-state index in [0.29, 0.717) is 6.04 Å². The maximum absolute atomic E-state index is 4.40. The minimum atomic E-state index is 0.544. The minimum Gasteiger partial charge on any atom is -0.367 e. The van der Waals surface area contributed by atoms with Crippen molar-refractivity contribution in [2.75, 3.05) is 24.5 Å². The van der Waals surface area contributed by atoms with Gasteiger partial charge >= 0.3 is 0 Å². The number of aromatic nitrogens is 2. The Labute approximate surface area is 94.7 Å². The quantitative estimate of drug-likeness (QED) is 0.756. The first-order chi connectivity index (χ1) is 7.84. The highest BCUT2D eigenvalue weighted by Gasteiger charge is 2.18. The molecular formula is C12H16N4. The monoisotopic (exact) mass is 216 g/mol. The van der Waals surface area contributed by atoms with E-state index in [0.717, 1.165) is 30.7 Å². The summed E-state index contributed by atoms with van der Waals surface area (Å²) in [5.41, 5.74) is 3.44. The van der Waals surface area contributed by atoms with Gasteiger partial charge in [0.25, 0.3) is 0 Å². The molecule has 4 heteroatoms. The molecule has 2 aromatic rings. The molecule has 2 N–H and O–H groups in total. The van der Waals surface area contributed by atoms with E-state index in [-0.39, 0.29) is 0 Å². The molecule has 0 bridgehead atoms. The summed E-state index contributed by atoms with van der Waals surface area (Å²) in [4.78, 5) is 9.97. The molecule has 0 amide bonds. The fourth-order valence-electron chi connectivity index (χ4n) is 2.36. The number of imidazole rings is 1. The topological polar surface area (TPSA) is 44.0 Å². The standard InChI is InChI=1S/C12H16N4/c1-9-7-16(6-5-13-9)11-4-2-3-10-12(11)15-8-14-10/h2-4,8-9,13H,5-7H2,1H3,(H,14,15). The average Bonchev–Trinajstić information content (AvgIpc) is 2.76. The van der Waals surface area contributed by atoms with Crippen molar-refractivity contribution in [3.05, 3.63) is 24.5 Å². The second-order valence-corrected chi connectivity index (χ2v) is 4.38. The number of piperazine rings is 1. The largest absolute Gasteiger partial charge is 0.367 e. The number of hydrogen-bond acceptors (Lipinski definition) is 3. The van der Waals surface area contributed by atoms with Crippen LogP contribution in [0.2, 0.25) is 0 Å². The van der Waals surface area contributed by atoms with Crippen molar-refractivity contribution in [2.24, 2.45) is 0 Å². The summed E-state index contributed by atoms with van der Waals surface area (Å²) in [6.45, 7) is 5.36. The Morgan fingerprint density at radius 3 is 3.25 bits per heavy atom. The molecule has 4 nitrogen and oxygen atoms in total. The average molecular weight is 216 g/mol. The van der Waals surface area contributed by atoms with E-state index in [9.17, 15) is 0 Å². The molecule has 0 radical (unpaired) electrons. The number of anilines is 1. The highest BCUT2D eigenvalue weighted by molar-refractivity contribution is 5.88. The summed E-state index contributed by atoms with van der Waals surface area (Å²) >= 11 is 0. The maximum atomic E-state index is 4.40. The first-order valence-corrected chi connectivity index (χ1v) is 5.75. The van der Waals surface area contributed by atoms with Gasteiger partial charge in [-0.2, -0.15) is 0 Å². The van der Waals surface area contributed by atoms with E-state index in [1.807, 2.05) is 0 Å². The molecule has 0 aliphatic carbocycles. The zero-order valence-electron chi connectivity index (χ0n) is 9.40. The Kier molecular flexibility index (Phi) is 2.29. The van der Waals surface area contributed by atoms with Gasteiger partial charge in [-0.25, -0.2) is 4.98 Å². The summed E-state index contributed by atoms with van der Waals surface area (Å²) in [6, 6.07) is 6.85. The number of aromatic amines is 1. The van der Waals surface area contributed by atoms with Gasteiger partial charge in [0.2, 0.25) is 0 Å². The van der Waals surface area contributed by atoms with Gasteiger partial charge in [-0.1, -0.05) is 6.07 Å². The second-order valence-electron chi connectivity index (χ2n) is 4.38. The van der Waals surface area contributed by atoms with Crippen molar-refractivity contribution >= 4 is 16.7 Å². The molecule has 1 fully saturated rings. The number of hydrogen-bond donors (Lipinski definition) is 2. The molecule has 1 aromatic heterocycles. The van der Waals surface area contributed by atoms with Crippen molar-refractivity contribution in [3.8, 4) is 0 Å². The lowest BCUT2D eigenvalue weighted by atomic mass is 10.2. The summed E-state index contributed by atoms with van der Waals surface area (Å²) in [7, 11) is 0. The molecule has 1 atom stereocenters. The second kappa shape index (κ2) is 3.79. The lowest BCUT2D eigenvalue weighted by Gasteiger charge is -2.33. The molecule has 1 unspecified atom stereocenters. The van der Waals surface area contributed by atoms with E-state index < -0.39 is 0 Å². The van der Waals surface area contributed by atoms with Crippen molar-refractivity contribution < 1.29 is 0 Å². The van der Waals surface area contributed by atoms with Gasteiger partial charge in [-0.05, 0) is 19.1 Å². The third-order valence-corrected chi connectivity index (χ3v) is 3.14. The zero-order chi connectivity index (χ0) is 11.0. The van der Waals surface area contributed by atoms with Crippen LogP contribution in [0.3, 0.4) is 0 Å². The van der Waals surface area contributed by atoms with Gasteiger partial charge in [-0.3, -0.25) is 0 Å². The normalized spacial score (nSPS) is 21.6. The van der Waals surface area contributed by atoms with Gasteiger partial charge in [0.1, 0.15) is 5.52 Å². The van der Waals surface area contributed by atoms with Crippen LogP contribution in [0.1, 0.15) is 6.92 Å². The van der Waals surface area contributed by atoms with Crippen LogP contribution in [-0.4, -0.2) is 35.6 Å². The van der Waals surface area contributed by atoms with Crippen LogP contribution >= 0.6 is 0 Å². The van der Waals surface area contributed by atoms with Crippen LogP contribution in [0.15, 0.2) is 24.5 Å². The molecule has 16 heavy (non-hydrogen) atoms. The Morgan fingerprint density at radius 1 is 1.44 bits per heavy atom. The minimum absolute atomic E-state index is 0.544. The third-order valence-electron chi connectivity index (χ3n) is 3.14. The Morgan fingerprint density at radius 2 is 2.38 bits per heavy atom. The van der Waals surface area contributed by atoms with E-state index in [1.165, 1.54) is 5.69 Å². The number of benzene rings is 1. The highest BCUT2D eigenvalue weighted by atomic mass is 15.2. The van der Waals surface area contributed by atoms with Gasteiger partial charge in [0, 0.05) is 25.7 Å². The van der Waals surface area contributed by atoms with Gasteiger partial charge < -0.3 is 15.2 Å². The molecule has 0 spiro atoms. The number of nitrogens with one attached hydrogen (secondary N) is 2. The highest BCUT2D eigenvalue weighted by Crippen LogP contribution is 2.24. The lowest BCUT2D eigenvalue weighted by Crippen LogP contribution is -2.49. The SMILES string of the molecule is CC1CN(c2cccc3[nH]cnc23)CCN1. The summed E-state index contributed by atoms with van der Waals surface area (Å²) in [5, 5.41) is 3.45. The van der Waals surface area contributed by atoms with Gasteiger partial charge in [0.05, 0.1) is 17.5 Å². The fourth-order valence-corrected chi connectivity index (χ4v) is 2.36. The first kappa shape index (κ1) is 9.66. The van der Waals surface area contributed by atoms with Crippen LogP contribution in [0.5, 0.6) is 0 Å². The van der Waals surface area contributed by atoms with Crippen molar-refractivity contribution in [3.63, 3.8) is 0 Å². The molecule has 84 valence electrons. The lowest BCUT2D eigenvalue weighted by molar-refractivity contribution is 0.485. The smallest absolute Gasteiger partial charge is 0.112 e. The molecule has 1 aliphatic rings. The van der Waals surface area contributed by atoms with E-state index in [2.05, 4.69) is 45.3 Å². The van der Waals surface area contributed by atoms with E-state index in [1.54, 1.807) is 6.33 Å². The number of fused-ring (bicyclic) bond motifs is 1. The van der Waals surface area contributed by atoms with Gasteiger partial charge in [0.15, 0.2) is 0 Å². The van der Waals surface area contributed by atoms with Crippen LogP contribution in [0, 0.1) is 0 Å². The summed E-state index contributed by atoms with van der Waals surface area (Å²) < 4.78 is 0. The first-order valence-electron chi connectivity index (χ1n) is 5.75. The fraction of sp³-hybridized carbons (Fsp3) is 0.417. The predicted octanol–water partition coefficient (Wildman–Crippen LogP) is 1.36. The Bertz CT molecular complexity index is 490. The van der Waals surface area contributed by atoms with Crippen molar-refractivity contribution in [1.82, 2.24) is 15.3 Å².